The lowest BCUT2D eigenvalue weighted by atomic mass is 10.1. The van der Waals surface area contributed by atoms with Crippen molar-refractivity contribution in [3.8, 4) is 0 Å². The highest BCUT2D eigenvalue weighted by Gasteiger charge is 2.21. The van der Waals surface area contributed by atoms with Crippen LogP contribution in [0.15, 0.2) is 46.5 Å². The van der Waals surface area contributed by atoms with Crippen LogP contribution in [0.25, 0.3) is 0 Å². The van der Waals surface area contributed by atoms with Gasteiger partial charge in [0.05, 0.1) is 25.0 Å². The van der Waals surface area contributed by atoms with Gasteiger partial charge < -0.3 is 9.30 Å². The van der Waals surface area contributed by atoms with E-state index in [0.29, 0.717) is 6.04 Å². The first-order valence-electron chi connectivity index (χ1n) is 11.2. The summed E-state index contributed by atoms with van der Waals surface area (Å²) in [6, 6.07) is 13.2. The molecule has 2 aliphatic rings. The highest BCUT2D eigenvalue weighted by molar-refractivity contribution is 8.14. The molecule has 0 radical (unpaired) electrons. The minimum atomic E-state index is 0.295. The molecular weight excluding hydrogens is 406 g/mol. The van der Waals surface area contributed by atoms with E-state index in [1.165, 1.54) is 22.5 Å². The van der Waals surface area contributed by atoms with Gasteiger partial charge in [0, 0.05) is 48.9 Å². The van der Waals surface area contributed by atoms with Crippen LogP contribution in [0.2, 0.25) is 0 Å². The Morgan fingerprint density at radius 1 is 1.19 bits per heavy atom. The summed E-state index contributed by atoms with van der Waals surface area (Å²) < 4.78 is 7.81. The van der Waals surface area contributed by atoms with Crippen molar-refractivity contribution in [2.24, 2.45) is 10.1 Å². The number of thioether (sulfide) groups is 1. The first kappa shape index (κ1) is 22.1. The van der Waals surface area contributed by atoms with Crippen molar-refractivity contribution in [1.82, 2.24) is 14.9 Å². The Balaban J connectivity index is 1.37. The molecule has 1 aromatic carbocycles. The highest BCUT2D eigenvalue weighted by Crippen LogP contribution is 2.27. The van der Waals surface area contributed by atoms with Crippen molar-refractivity contribution in [2.75, 3.05) is 45.1 Å². The average molecular weight is 440 g/mol. The Morgan fingerprint density at radius 3 is 2.68 bits per heavy atom. The molecule has 7 heteroatoms. The molecule has 0 saturated carbocycles. The zero-order valence-corrected chi connectivity index (χ0v) is 19.6. The molecule has 0 unspecified atom stereocenters. The van der Waals surface area contributed by atoms with E-state index in [-0.39, 0.29) is 0 Å². The second-order valence-electron chi connectivity index (χ2n) is 8.19. The molecule has 4 rings (SSSR count). The number of aryl methyl sites for hydroxylation is 1. The van der Waals surface area contributed by atoms with Gasteiger partial charge >= 0.3 is 0 Å². The molecular formula is C24H33N5OS. The van der Waals surface area contributed by atoms with Crippen LogP contribution in [0.5, 0.6) is 0 Å². The zero-order chi connectivity index (χ0) is 21.6. The second kappa shape index (κ2) is 10.5. The van der Waals surface area contributed by atoms with E-state index in [1.807, 2.05) is 0 Å². The van der Waals surface area contributed by atoms with E-state index in [4.69, 9.17) is 9.73 Å². The minimum Gasteiger partial charge on any atom is -0.379 e. The number of aromatic nitrogens is 1. The molecule has 0 amide bonds. The quantitative estimate of drug-likeness (QED) is 0.666. The summed E-state index contributed by atoms with van der Waals surface area (Å²) in [5, 5.41) is 5.60. The Labute approximate surface area is 189 Å². The summed E-state index contributed by atoms with van der Waals surface area (Å²) in [5.41, 5.74) is 9.35. The third-order valence-electron chi connectivity index (χ3n) is 6.09. The Hall–Kier alpha value is -2.09. The summed E-state index contributed by atoms with van der Waals surface area (Å²) in [5.74, 6) is 0.847. The van der Waals surface area contributed by atoms with E-state index in [9.17, 15) is 0 Å². The largest absolute Gasteiger partial charge is 0.379 e. The molecule has 0 aliphatic carbocycles. The van der Waals surface area contributed by atoms with Crippen LogP contribution in [0.4, 0.5) is 0 Å². The van der Waals surface area contributed by atoms with E-state index >= 15 is 0 Å². The van der Waals surface area contributed by atoms with Crippen LogP contribution in [-0.2, 0) is 4.74 Å². The van der Waals surface area contributed by atoms with Crippen LogP contribution >= 0.6 is 11.8 Å². The average Bonchev–Trinajstić information content (AvgIpc) is 3.11. The normalized spacial score (nSPS) is 19.8. The number of nitrogens with zero attached hydrogens (tertiary/aromatic N) is 4. The van der Waals surface area contributed by atoms with E-state index in [0.717, 1.165) is 62.4 Å². The van der Waals surface area contributed by atoms with Gasteiger partial charge in [0.15, 0.2) is 5.17 Å². The molecule has 1 atom stereocenters. The van der Waals surface area contributed by atoms with Crippen LogP contribution in [-0.4, -0.2) is 65.5 Å². The Morgan fingerprint density at radius 2 is 1.97 bits per heavy atom. The molecule has 31 heavy (non-hydrogen) atoms. The summed E-state index contributed by atoms with van der Waals surface area (Å²) in [4.78, 5) is 7.16. The molecule has 2 aromatic rings. The first-order valence-corrected chi connectivity index (χ1v) is 12.2. The second-order valence-corrected chi connectivity index (χ2v) is 9.16. The van der Waals surface area contributed by atoms with Gasteiger partial charge in [0.2, 0.25) is 0 Å². The predicted octanol–water partition coefficient (Wildman–Crippen LogP) is 3.83. The van der Waals surface area contributed by atoms with Crippen LogP contribution in [0.1, 0.15) is 41.9 Å². The first-order chi connectivity index (χ1) is 15.1. The van der Waals surface area contributed by atoms with Crippen molar-refractivity contribution in [3.63, 3.8) is 0 Å². The number of hydrogen-bond acceptors (Lipinski definition) is 5. The van der Waals surface area contributed by atoms with Gasteiger partial charge in [0.1, 0.15) is 0 Å². The third-order valence-corrected chi connectivity index (χ3v) is 7.00. The van der Waals surface area contributed by atoms with Gasteiger partial charge in [-0.15, -0.1) is 0 Å². The summed E-state index contributed by atoms with van der Waals surface area (Å²) in [6.07, 6.45) is 1.07. The minimum absolute atomic E-state index is 0.295. The van der Waals surface area contributed by atoms with Gasteiger partial charge in [-0.1, -0.05) is 42.1 Å². The number of ether oxygens (including phenoxy) is 1. The molecule has 6 nitrogen and oxygen atoms in total. The Bertz CT molecular complexity index is 931. The number of morpholine rings is 1. The summed E-state index contributed by atoms with van der Waals surface area (Å²) in [7, 11) is 0. The van der Waals surface area contributed by atoms with E-state index < -0.39 is 0 Å². The number of aliphatic imine (C=N–C) groups is 1. The SMILES string of the molecule is Cc1cc(C2=NNC(=NCCCN3CCOCC3)SC2)c(C)n1[C@H](C)c1ccccc1. The number of rotatable bonds is 7. The Kier molecular flexibility index (Phi) is 7.48. The third kappa shape index (κ3) is 5.40. The lowest BCUT2D eigenvalue weighted by molar-refractivity contribution is 0.0377. The van der Waals surface area contributed by atoms with Crippen molar-refractivity contribution in [3.05, 3.63) is 58.9 Å². The smallest absolute Gasteiger partial charge is 0.177 e. The molecule has 1 aromatic heterocycles. The number of benzene rings is 1. The molecule has 0 bridgehead atoms. The molecule has 1 saturated heterocycles. The van der Waals surface area contributed by atoms with Crippen molar-refractivity contribution in [1.29, 1.82) is 0 Å². The molecule has 2 aliphatic heterocycles. The summed E-state index contributed by atoms with van der Waals surface area (Å²) >= 11 is 1.75. The highest BCUT2D eigenvalue weighted by atomic mass is 32.2. The van der Waals surface area contributed by atoms with Gasteiger partial charge in [-0.25, -0.2) is 0 Å². The standard InChI is InChI=1S/C24H33N5OS/c1-18-16-22(20(3)29(18)19(2)21-8-5-4-6-9-21)23-17-31-24(27-26-23)25-10-7-11-28-12-14-30-15-13-28/h4-6,8-9,16,19H,7,10-15,17H2,1-3H3,(H,25,27)/t19-/m1/s1. The monoisotopic (exact) mass is 439 g/mol. The van der Waals surface area contributed by atoms with Gasteiger partial charge in [-0.3, -0.25) is 15.3 Å². The lowest BCUT2D eigenvalue weighted by Crippen LogP contribution is -2.37. The number of hydrogen-bond donors (Lipinski definition) is 1. The fourth-order valence-corrected chi connectivity index (χ4v) is 5.17. The van der Waals surface area contributed by atoms with Gasteiger partial charge in [-0.2, -0.15) is 5.10 Å². The number of nitrogens with one attached hydrogen (secondary N) is 1. The maximum Gasteiger partial charge on any atom is 0.177 e. The van der Waals surface area contributed by atoms with Crippen molar-refractivity contribution < 1.29 is 4.74 Å². The molecule has 166 valence electrons. The topological polar surface area (TPSA) is 54.1 Å². The maximum absolute atomic E-state index is 5.40. The molecule has 1 N–H and O–H groups in total. The van der Waals surface area contributed by atoms with E-state index in [2.05, 4.69) is 77.2 Å². The summed E-state index contributed by atoms with van der Waals surface area (Å²) in [6.45, 7) is 12.4. The molecule has 0 spiro atoms. The fraction of sp³-hybridized carbons (Fsp3) is 0.500. The zero-order valence-electron chi connectivity index (χ0n) is 18.8. The number of hydrazone groups is 1. The van der Waals surface area contributed by atoms with Gasteiger partial charge in [0.25, 0.3) is 0 Å². The molecule has 1 fully saturated rings. The van der Waals surface area contributed by atoms with Crippen LogP contribution in [0.3, 0.4) is 0 Å². The fourth-order valence-electron chi connectivity index (χ4n) is 4.38. The van der Waals surface area contributed by atoms with Gasteiger partial charge in [-0.05, 0) is 38.8 Å². The molecule has 3 heterocycles. The maximum atomic E-state index is 5.40. The lowest BCUT2D eigenvalue weighted by Gasteiger charge is -2.26. The van der Waals surface area contributed by atoms with E-state index in [1.54, 1.807) is 11.8 Å². The predicted molar refractivity (Wildman–Crippen MR) is 130 cm³/mol. The van der Waals surface area contributed by atoms with Crippen LogP contribution < -0.4 is 5.43 Å². The van der Waals surface area contributed by atoms with Crippen molar-refractivity contribution in [2.45, 2.75) is 33.2 Å². The van der Waals surface area contributed by atoms with Crippen molar-refractivity contribution >= 4 is 22.6 Å². The van der Waals surface area contributed by atoms with Crippen LogP contribution in [0, 0.1) is 13.8 Å². The number of amidine groups is 1.